The summed E-state index contributed by atoms with van der Waals surface area (Å²) in [7, 11) is 0. The van der Waals surface area contributed by atoms with Crippen molar-refractivity contribution in [3.05, 3.63) is 29.1 Å². The maximum atomic E-state index is 13.9. The highest BCUT2D eigenvalue weighted by atomic mass is 19.4. The van der Waals surface area contributed by atoms with Gasteiger partial charge in [0, 0.05) is 43.9 Å². The minimum absolute atomic E-state index is 0.0756. The summed E-state index contributed by atoms with van der Waals surface area (Å²) in [5.41, 5.74) is -0.0966. The third-order valence-electron chi connectivity index (χ3n) is 8.88. The Kier molecular flexibility index (Phi) is 7.98. The van der Waals surface area contributed by atoms with E-state index in [2.05, 4.69) is 23.7 Å². The van der Waals surface area contributed by atoms with E-state index in [1.807, 2.05) is 0 Å². The lowest BCUT2D eigenvalue weighted by molar-refractivity contribution is -0.146. The van der Waals surface area contributed by atoms with Crippen LogP contribution in [-0.2, 0) is 28.7 Å². The number of pyridine rings is 1. The molecule has 1 amide bonds. The number of piperidine rings is 1. The zero-order chi connectivity index (χ0) is 26.1. The molecule has 9 heteroatoms. The Morgan fingerprint density at radius 1 is 1.19 bits per heavy atom. The number of amides is 1. The minimum Gasteiger partial charge on any atom is -0.481 e. The van der Waals surface area contributed by atoms with Gasteiger partial charge in [-0.25, -0.2) is 0 Å². The van der Waals surface area contributed by atoms with E-state index in [1.165, 1.54) is 0 Å². The Bertz CT molecular complexity index is 959. The van der Waals surface area contributed by atoms with Gasteiger partial charge in [0.15, 0.2) is 0 Å². The number of hydrogen-bond acceptors (Lipinski definition) is 4. The van der Waals surface area contributed by atoms with Gasteiger partial charge in [-0.15, -0.1) is 0 Å². The highest BCUT2D eigenvalue weighted by Gasteiger charge is 2.51. The van der Waals surface area contributed by atoms with E-state index in [1.54, 1.807) is 4.90 Å². The summed E-state index contributed by atoms with van der Waals surface area (Å²) in [4.78, 5) is 33.0. The number of likely N-dealkylation sites (tertiary alicyclic amines) is 1. The summed E-state index contributed by atoms with van der Waals surface area (Å²) in [5.74, 6) is 0.0562. The first-order chi connectivity index (χ1) is 17.0. The number of carboxylic acids is 1. The lowest BCUT2D eigenvalue weighted by Gasteiger charge is -2.41. The molecule has 0 spiro atoms. The van der Waals surface area contributed by atoms with Crippen molar-refractivity contribution in [2.24, 2.45) is 17.3 Å². The fourth-order valence-electron chi connectivity index (χ4n) is 6.54. The van der Waals surface area contributed by atoms with E-state index in [9.17, 15) is 22.8 Å². The molecular formula is C27H38F3N3O3. The number of halogens is 3. The molecule has 6 nitrogen and oxygen atoms in total. The van der Waals surface area contributed by atoms with Crippen molar-refractivity contribution in [3.8, 4) is 0 Å². The van der Waals surface area contributed by atoms with Gasteiger partial charge in [-0.05, 0) is 81.5 Å². The molecule has 4 rings (SSSR count). The van der Waals surface area contributed by atoms with Crippen LogP contribution in [-0.4, -0.2) is 57.4 Å². The molecule has 1 aliphatic carbocycles. The maximum absolute atomic E-state index is 13.9. The number of rotatable bonds is 7. The van der Waals surface area contributed by atoms with Gasteiger partial charge in [-0.2, -0.15) is 13.2 Å². The van der Waals surface area contributed by atoms with Gasteiger partial charge < -0.3 is 14.9 Å². The number of aliphatic carboxylic acids is 1. The Morgan fingerprint density at radius 3 is 2.56 bits per heavy atom. The highest BCUT2D eigenvalue weighted by molar-refractivity contribution is 5.83. The summed E-state index contributed by atoms with van der Waals surface area (Å²) < 4.78 is 39.6. The van der Waals surface area contributed by atoms with Gasteiger partial charge in [0.1, 0.15) is 0 Å². The lowest BCUT2D eigenvalue weighted by atomic mass is 9.73. The number of alkyl halides is 3. The first kappa shape index (κ1) is 26.9. The minimum atomic E-state index is -4.45. The van der Waals surface area contributed by atoms with Gasteiger partial charge in [0.25, 0.3) is 0 Å². The van der Waals surface area contributed by atoms with Crippen LogP contribution in [0.2, 0.25) is 0 Å². The number of fused-ring (bicyclic) bond motifs is 1. The van der Waals surface area contributed by atoms with Crippen LogP contribution in [0.15, 0.2) is 12.3 Å². The second-order valence-electron chi connectivity index (χ2n) is 11.3. The fraction of sp³-hybridized carbons (Fsp3) is 0.741. The SMILES string of the molecule is CC(C)[C@]1(C(=O)N2CCc3ncc(C(F)(F)F)cc3C2)CCC(N2CCC(CCCC(=O)O)CC2)C1. The molecule has 3 aliphatic rings. The monoisotopic (exact) mass is 509 g/mol. The molecule has 2 atom stereocenters. The Hall–Kier alpha value is -2.16. The number of hydrogen-bond donors (Lipinski definition) is 1. The molecule has 2 fully saturated rings. The molecule has 1 aromatic heterocycles. The zero-order valence-corrected chi connectivity index (χ0v) is 21.3. The number of carboxylic acid groups (broad SMARTS) is 1. The molecule has 1 N–H and O–H groups in total. The average molecular weight is 510 g/mol. The number of carbonyl (C=O) groups excluding carboxylic acids is 1. The van der Waals surface area contributed by atoms with Crippen LogP contribution in [0.25, 0.3) is 0 Å². The molecule has 3 heterocycles. The Labute approximate surface area is 211 Å². The second kappa shape index (κ2) is 10.7. The predicted molar refractivity (Wildman–Crippen MR) is 129 cm³/mol. The van der Waals surface area contributed by atoms with Crippen LogP contribution in [0, 0.1) is 17.3 Å². The topological polar surface area (TPSA) is 73.7 Å². The Balaban J connectivity index is 1.39. The van der Waals surface area contributed by atoms with Crippen LogP contribution < -0.4 is 0 Å². The van der Waals surface area contributed by atoms with E-state index in [-0.39, 0.29) is 24.8 Å². The van der Waals surface area contributed by atoms with Crippen molar-refractivity contribution < 1.29 is 27.9 Å². The van der Waals surface area contributed by atoms with Gasteiger partial charge in [-0.1, -0.05) is 13.8 Å². The molecule has 0 radical (unpaired) electrons. The molecule has 0 aromatic carbocycles. The molecule has 1 saturated carbocycles. The largest absolute Gasteiger partial charge is 0.481 e. The van der Waals surface area contributed by atoms with Crippen molar-refractivity contribution >= 4 is 11.9 Å². The van der Waals surface area contributed by atoms with Gasteiger partial charge in [0.05, 0.1) is 11.0 Å². The predicted octanol–water partition coefficient (Wildman–Crippen LogP) is 5.15. The third kappa shape index (κ3) is 5.71. The standard InChI is InChI=1S/C27H38F3N3O3/c1-18(2)26(10-6-22(15-26)32-11-7-19(8-12-32)4-3-5-24(34)35)25(36)33-13-9-23-20(17-33)14-21(16-31-23)27(28,29)30/h14,16,18-19,22H,3-13,15,17H2,1-2H3,(H,34,35)/t22?,26-/m0/s1. The van der Waals surface area contributed by atoms with Crippen LogP contribution in [0.1, 0.15) is 82.0 Å². The summed E-state index contributed by atoms with van der Waals surface area (Å²) >= 11 is 0. The average Bonchev–Trinajstić information content (AvgIpc) is 3.29. The molecular weight excluding hydrogens is 471 g/mol. The lowest BCUT2D eigenvalue weighted by Crippen LogP contribution is -2.49. The quantitative estimate of drug-likeness (QED) is 0.551. The van der Waals surface area contributed by atoms with Crippen LogP contribution in [0.4, 0.5) is 13.2 Å². The van der Waals surface area contributed by atoms with Crippen LogP contribution >= 0.6 is 0 Å². The van der Waals surface area contributed by atoms with Crippen LogP contribution in [0.5, 0.6) is 0 Å². The molecule has 200 valence electrons. The van der Waals surface area contributed by atoms with Gasteiger partial charge >= 0.3 is 12.1 Å². The molecule has 0 bridgehead atoms. The molecule has 1 aromatic rings. The molecule has 36 heavy (non-hydrogen) atoms. The van der Waals surface area contributed by atoms with Crippen molar-refractivity contribution in [1.82, 2.24) is 14.8 Å². The smallest absolute Gasteiger partial charge is 0.417 e. The van der Waals surface area contributed by atoms with E-state index in [0.29, 0.717) is 36.2 Å². The first-order valence-electron chi connectivity index (χ1n) is 13.3. The van der Waals surface area contributed by atoms with E-state index < -0.39 is 23.1 Å². The maximum Gasteiger partial charge on any atom is 0.417 e. The van der Waals surface area contributed by atoms with Gasteiger partial charge in [-0.3, -0.25) is 14.6 Å². The fourth-order valence-corrected chi connectivity index (χ4v) is 6.54. The van der Waals surface area contributed by atoms with Gasteiger partial charge in [0.2, 0.25) is 5.91 Å². The number of carbonyl (C=O) groups is 2. The van der Waals surface area contributed by atoms with Crippen LogP contribution in [0.3, 0.4) is 0 Å². The zero-order valence-electron chi connectivity index (χ0n) is 21.3. The molecule has 2 aliphatic heterocycles. The highest BCUT2D eigenvalue weighted by Crippen LogP contribution is 2.48. The van der Waals surface area contributed by atoms with Crippen molar-refractivity contribution in [2.75, 3.05) is 19.6 Å². The second-order valence-corrected chi connectivity index (χ2v) is 11.3. The normalized spacial score (nSPS) is 25.8. The van der Waals surface area contributed by atoms with Crippen molar-refractivity contribution in [1.29, 1.82) is 0 Å². The van der Waals surface area contributed by atoms with Crippen molar-refractivity contribution in [3.63, 3.8) is 0 Å². The Morgan fingerprint density at radius 2 is 1.92 bits per heavy atom. The van der Waals surface area contributed by atoms with E-state index in [0.717, 1.165) is 70.3 Å². The van der Waals surface area contributed by atoms with E-state index in [4.69, 9.17) is 5.11 Å². The summed E-state index contributed by atoms with van der Waals surface area (Å²) in [6.07, 6.45) is 3.52. The van der Waals surface area contributed by atoms with E-state index >= 15 is 0 Å². The summed E-state index contributed by atoms with van der Waals surface area (Å²) in [6.45, 7) is 6.82. The third-order valence-corrected chi connectivity index (χ3v) is 8.88. The molecule has 1 saturated heterocycles. The molecule has 1 unspecified atom stereocenters. The van der Waals surface area contributed by atoms with Crippen molar-refractivity contribution in [2.45, 2.75) is 90.4 Å². The summed E-state index contributed by atoms with van der Waals surface area (Å²) in [6, 6.07) is 1.49. The number of aromatic nitrogens is 1. The summed E-state index contributed by atoms with van der Waals surface area (Å²) in [5, 5.41) is 8.87. The first-order valence-corrected chi connectivity index (χ1v) is 13.3. The number of nitrogens with zero attached hydrogens (tertiary/aromatic N) is 3.